The topological polar surface area (TPSA) is 72.6 Å². The molecule has 0 saturated carbocycles. The summed E-state index contributed by atoms with van der Waals surface area (Å²) in [5.41, 5.74) is 6.18. The molecule has 20 heavy (non-hydrogen) atoms. The average molecular weight is 294 g/mol. The predicted octanol–water partition coefficient (Wildman–Crippen LogP) is 0.411. The van der Waals surface area contributed by atoms with Gasteiger partial charge >= 0.3 is 0 Å². The Labute approximate surface area is 119 Å². The van der Waals surface area contributed by atoms with Crippen LogP contribution in [0.4, 0.5) is 0 Å². The van der Waals surface area contributed by atoms with E-state index in [1.165, 1.54) is 4.31 Å². The summed E-state index contributed by atoms with van der Waals surface area (Å²) in [5.74, 6) is 6.66. The minimum absolute atomic E-state index is 0.251. The number of ether oxygens (including phenoxy) is 1. The van der Waals surface area contributed by atoms with Crippen LogP contribution in [0, 0.1) is 11.8 Å². The fraction of sp³-hybridized carbons (Fsp3) is 0.429. The Hall–Kier alpha value is -1.55. The van der Waals surface area contributed by atoms with E-state index in [9.17, 15) is 8.42 Å². The maximum Gasteiger partial charge on any atom is 0.214 e. The Kier molecular flexibility index (Phi) is 5.01. The molecule has 1 aromatic carbocycles. The highest BCUT2D eigenvalue weighted by Gasteiger charge is 2.27. The van der Waals surface area contributed by atoms with Gasteiger partial charge in [0.2, 0.25) is 10.0 Å². The Balaban J connectivity index is 1.82. The molecule has 1 aromatic rings. The van der Waals surface area contributed by atoms with Crippen molar-refractivity contribution in [2.75, 3.05) is 32.0 Å². The molecular formula is C14H18N2O3S. The second-order valence-corrected chi connectivity index (χ2v) is 6.54. The van der Waals surface area contributed by atoms with Crippen molar-refractivity contribution in [3.8, 4) is 17.6 Å². The lowest BCUT2D eigenvalue weighted by Crippen LogP contribution is -2.30. The van der Waals surface area contributed by atoms with Crippen LogP contribution >= 0.6 is 0 Å². The molecule has 1 aliphatic heterocycles. The maximum atomic E-state index is 11.6. The van der Waals surface area contributed by atoms with E-state index in [4.69, 9.17) is 10.5 Å². The second kappa shape index (κ2) is 6.75. The Bertz CT molecular complexity index is 600. The van der Waals surface area contributed by atoms with Crippen LogP contribution in [0.2, 0.25) is 0 Å². The summed E-state index contributed by atoms with van der Waals surface area (Å²) in [6, 6.07) is 7.34. The standard InChI is InChI=1S/C14H18N2O3S/c15-8-1-3-13-4-6-14(7-5-13)19-11-10-16-9-2-12-20(16,17)18/h4-7H,2,8-12,15H2. The average Bonchev–Trinajstić information content (AvgIpc) is 2.77. The van der Waals surface area contributed by atoms with Crippen molar-refractivity contribution in [3.63, 3.8) is 0 Å². The van der Waals surface area contributed by atoms with Crippen molar-refractivity contribution in [2.45, 2.75) is 6.42 Å². The number of benzene rings is 1. The van der Waals surface area contributed by atoms with Crippen molar-refractivity contribution in [1.82, 2.24) is 4.31 Å². The van der Waals surface area contributed by atoms with E-state index in [1.54, 1.807) is 0 Å². The van der Waals surface area contributed by atoms with Gasteiger partial charge in [0.1, 0.15) is 12.4 Å². The van der Waals surface area contributed by atoms with Crippen molar-refractivity contribution in [1.29, 1.82) is 0 Å². The Morgan fingerprint density at radius 2 is 2.05 bits per heavy atom. The normalized spacial score (nSPS) is 17.4. The van der Waals surface area contributed by atoms with Gasteiger partial charge in [-0.25, -0.2) is 8.42 Å². The third kappa shape index (κ3) is 3.97. The molecule has 6 heteroatoms. The molecule has 1 aliphatic rings. The summed E-state index contributed by atoms with van der Waals surface area (Å²) in [6.45, 7) is 1.69. The number of nitrogens with two attached hydrogens (primary N) is 1. The van der Waals surface area contributed by atoms with Gasteiger partial charge in [-0.05, 0) is 30.7 Å². The molecule has 1 heterocycles. The maximum absolute atomic E-state index is 11.6. The van der Waals surface area contributed by atoms with Crippen LogP contribution in [-0.2, 0) is 10.0 Å². The van der Waals surface area contributed by atoms with Crippen molar-refractivity contribution >= 4 is 10.0 Å². The van der Waals surface area contributed by atoms with Crippen molar-refractivity contribution in [2.24, 2.45) is 5.73 Å². The van der Waals surface area contributed by atoms with Gasteiger partial charge in [-0.2, -0.15) is 4.31 Å². The zero-order valence-corrected chi connectivity index (χ0v) is 12.0. The number of nitrogens with zero attached hydrogens (tertiary/aromatic N) is 1. The third-order valence-electron chi connectivity index (χ3n) is 3.00. The molecule has 5 nitrogen and oxygen atoms in total. The van der Waals surface area contributed by atoms with Gasteiger partial charge in [-0.15, -0.1) is 0 Å². The molecule has 0 amide bonds. The predicted molar refractivity (Wildman–Crippen MR) is 77.8 cm³/mol. The lowest BCUT2D eigenvalue weighted by molar-refractivity contribution is 0.279. The number of hydrogen-bond donors (Lipinski definition) is 1. The van der Waals surface area contributed by atoms with Gasteiger partial charge in [-0.1, -0.05) is 11.8 Å². The van der Waals surface area contributed by atoms with E-state index in [-0.39, 0.29) is 5.75 Å². The van der Waals surface area contributed by atoms with Gasteiger partial charge < -0.3 is 10.5 Å². The first-order valence-corrected chi connectivity index (χ1v) is 8.12. The molecule has 0 atom stereocenters. The minimum atomic E-state index is -3.04. The second-order valence-electron chi connectivity index (χ2n) is 4.45. The summed E-state index contributed by atoms with van der Waals surface area (Å²) in [5, 5.41) is 0. The molecular weight excluding hydrogens is 276 g/mol. The van der Waals surface area contributed by atoms with Crippen LogP contribution in [-0.4, -0.2) is 44.7 Å². The highest BCUT2D eigenvalue weighted by Crippen LogP contribution is 2.14. The number of sulfonamides is 1. The van der Waals surface area contributed by atoms with Gasteiger partial charge in [0, 0.05) is 18.7 Å². The van der Waals surface area contributed by atoms with E-state index in [1.807, 2.05) is 24.3 Å². The van der Waals surface area contributed by atoms with Gasteiger partial charge in [-0.3, -0.25) is 0 Å². The van der Waals surface area contributed by atoms with Crippen LogP contribution in [0.5, 0.6) is 5.75 Å². The minimum Gasteiger partial charge on any atom is -0.492 e. The number of hydrogen-bond acceptors (Lipinski definition) is 4. The summed E-state index contributed by atoms with van der Waals surface area (Å²) in [6.07, 6.45) is 0.705. The molecule has 2 N–H and O–H groups in total. The monoisotopic (exact) mass is 294 g/mol. The Morgan fingerprint density at radius 3 is 2.65 bits per heavy atom. The van der Waals surface area contributed by atoms with Crippen LogP contribution < -0.4 is 10.5 Å². The van der Waals surface area contributed by atoms with E-state index < -0.39 is 10.0 Å². The third-order valence-corrected chi connectivity index (χ3v) is 4.96. The summed E-state index contributed by atoms with van der Waals surface area (Å²) >= 11 is 0. The summed E-state index contributed by atoms with van der Waals surface area (Å²) in [4.78, 5) is 0. The van der Waals surface area contributed by atoms with Crippen LogP contribution in [0.25, 0.3) is 0 Å². The molecule has 0 bridgehead atoms. The largest absolute Gasteiger partial charge is 0.492 e. The fourth-order valence-electron chi connectivity index (χ4n) is 2.00. The van der Waals surface area contributed by atoms with Gasteiger partial charge in [0.05, 0.1) is 12.3 Å². The van der Waals surface area contributed by atoms with Crippen LogP contribution in [0.3, 0.4) is 0 Å². The molecule has 0 spiro atoms. The van der Waals surface area contributed by atoms with E-state index in [0.717, 1.165) is 5.56 Å². The van der Waals surface area contributed by atoms with Crippen molar-refractivity contribution < 1.29 is 13.2 Å². The zero-order valence-electron chi connectivity index (χ0n) is 11.2. The first-order valence-electron chi connectivity index (χ1n) is 6.51. The lowest BCUT2D eigenvalue weighted by atomic mass is 10.2. The van der Waals surface area contributed by atoms with E-state index >= 15 is 0 Å². The molecule has 0 radical (unpaired) electrons. The van der Waals surface area contributed by atoms with Crippen LogP contribution in [0.15, 0.2) is 24.3 Å². The molecule has 0 aromatic heterocycles. The van der Waals surface area contributed by atoms with E-state index in [2.05, 4.69) is 11.8 Å². The van der Waals surface area contributed by atoms with Crippen molar-refractivity contribution in [3.05, 3.63) is 29.8 Å². The SMILES string of the molecule is NCC#Cc1ccc(OCCN2CCCS2(=O)=O)cc1. The molecule has 2 rings (SSSR count). The number of rotatable bonds is 4. The highest BCUT2D eigenvalue weighted by atomic mass is 32.2. The lowest BCUT2D eigenvalue weighted by Gasteiger charge is -2.14. The Morgan fingerprint density at radius 1 is 1.30 bits per heavy atom. The van der Waals surface area contributed by atoms with Gasteiger partial charge in [0.25, 0.3) is 0 Å². The van der Waals surface area contributed by atoms with Gasteiger partial charge in [0.15, 0.2) is 0 Å². The quantitative estimate of drug-likeness (QED) is 0.817. The molecule has 0 aliphatic carbocycles. The molecule has 0 unspecified atom stereocenters. The summed E-state index contributed by atoms with van der Waals surface area (Å²) in [7, 11) is -3.04. The first-order chi connectivity index (χ1) is 9.62. The molecule has 1 fully saturated rings. The summed E-state index contributed by atoms with van der Waals surface area (Å²) < 4.78 is 30.2. The smallest absolute Gasteiger partial charge is 0.214 e. The first kappa shape index (κ1) is 14.9. The zero-order chi connectivity index (χ0) is 14.4. The fourth-order valence-corrected chi connectivity index (χ4v) is 3.51. The molecule has 108 valence electrons. The molecule has 1 saturated heterocycles. The van der Waals surface area contributed by atoms with E-state index in [0.29, 0.717) is 38.4 Å². The van der Waals surface area contributed by atoms with Crippen LogP contribution in [0.1, 0.15) is 12.0 Å². The highest BCUT2D eigenvalue weighted by molar-refractivity contribution is 7.89.